The van der Waals surface area contributed by atoms with Gasteiger partial charge in [-0.15, -0.1) is 0 Å². The number of nitrogens with zero attached hydrogens (tertiary/aromatic N) is 1. The van der Waals surface area contributed by atoms with Crippen molar-refractivity contribution in [1.29, 1.82) is 0 Å². The SMILES string of the molecule is Cc1ccc(NC(=O)c2ccccc2)c(NC(=O)CC2CCCCN2C)c1. The fourth-order valence-corrected chi connectivity index (χ4v) is 3.47. The summed E-state index contributed by atoms with van der Waals surface area (Å²) >= 11 is 0. The normalized spacial score (nSPS) is 17.3. The van der Waals surface area contributed by atoms with Gasteiger partial charge in [0.1, 0.15) is 0 Å². The molecule has 5 nitrogen and oxygen atoms in total. The fraction of sp³-hybridized carbons (Fsp3) is 0.364. The molecule has 2 aromatic rings. The maximum atomic E-state index is 12.6. The average Bonchev–Trinajstić information content (AvgIpc) is 2.66. The third kappa shape index (κ3) is 5.17. The van der Waals surface area contributed by atoms with E-state index in [1.54, 1.807) is 12.1 Å². The number of amides is 2. The van der Waals surface area contributed by atoms with Gasteiger partial charge in [-0.05, 0) is 63.2 Å². The zero-order chi connectivity index (χ0) is 19.2. The molecule has 0 bridgehead atoms. The summed E-state index contributed by atoms with van der Waals surface area (Å²) in [5.74, 6) is -0.212. The molecule has 1 aliphatic heterocycles. The highest BCUT2D eigenvalue weighted by Gasteiger charge is 2.22. The summed E-state index contributed by atoms with van der Waals surface area (Å²) in [6, 6.07) is 15.0. The quantitative estimate of drug-likeness (QED) is 0.840. The molecule has 3 rings (SSSR count). The number of aryl methyl sites for hydroxylation is 1. The molecular weight excluding hydrogens is 338 g/mol. The van der Waals surface area contributed by atoms with Gasteiger partial charge in [-0.25, -0.2) is 0 Å². The molecule has 1 aliphatic rings. The van der Waals surface area contributed by atoms with E-state index in [-0.39, 0.29) is 17.9 Å². The number of carbonyl (C=O) groups is 2. The summed E-state index contributed by atoms with van der Waals surface area (Å²) in [7, 11) is 2.08. The Hall–Kier alpha value is -2.66. The van der Waals surface area contributed by atoms with Gasteiger partial charge >= 0.3 is 0 Å². The smallest absolute Gasteiger partial charge is 0.255 e. The highest BCUT2D eigenvalue weighted by atomic mass is 16.2. The predicted molar refractivity (Wildman–Crippen MR) is 109 cm³/mol. The second-order valence-corrected chi connectivity index (χ2v) is 7.25. The monoisotopic (exact) mass is 365 g/mol. The van der Waals surface area contributed by atoms with Crippen LogP contribution >= 0.6 is 0 Å². The minimum absolute atomic E-state index is 0.0189. The molecule has 1 saturated heterocycles. The summed E-state index contributed by atoms with van der Waals surface area (Å²) in [6.07, 6.45) is 3.89. The van der Waals surface area contributed by atoms with Crippen LogP contribution in [0.3, 0.4) is 0 Å². The van der Waals surface area contributed by atoms with Crippen LogP contribution in [0.25, 0.3) is 0 Å². The van der Waals surface area contributed by atoms with Crippen LogP contribution in [0.1, 0.15) is 41.6 Å². The van der Waals surface area contributed by atoms with Gasteiger partial charge < -0.3 is 15.5 Å². The van der Waals surface area contributed by atoms with Crippen LogP contribution in [-0.2, 0) is 4.79 Å². The first-order chi connectivity index (χ1) is 13.0. The molecular formula is C22H27N3O2. The summed E-state index contributed by atoms with van der Waals surface area (Å²) < 4.78 is 0. The molecule has 0 spiro atoms. The molecule has 1 heterocycles. The first kappa shape index (κ1) is 19.1. The summed E-state index contributed by atoms with van der Waals surface area (Å²) in [6.45, 7) is 3.01. The van der Waals surface area contributed by atoms with Crippen molar-refractivity contribution in [2.75, 3.05) is 24.2 Å². The number of hydrogen-bond acceptors (Lipinski definition) is 3. The minimum atomic E-state index is -0.193. The largest absolute Gasteiger partial charge is 0.324 e. The number of hydrogen-bond donors (Lipinski definition) is 2. The molecule has 2 N–H and O–H groups in total. The number of benzene rings is 2. The van der Waals surface area contributed by atoms with E-state index in [9.17, 15) is 9.59 Å². The second-order valence-electron chi connectivity index (χ2n) is 7.25. The molecule has 0 saturated carbocycles. The van der Waals surface area contributed by atoms with Crippen LogP contribution < -0.4 is 10.6 Å². The fourth-order valence-electron chi connectivity index (χ4n) is 3.47. The van der Waals surface area contributed by atoms with E-state index in [1.807, 2.05) is 43.3 Å². The molecule has 1 fully saturated rings. The van der Waals surface area contributed by atoms with Gasteiger partial charge in [0, 0.05) is 18.0 Å². The molecule has 2 amide bonds. The van der Waals surface area contributed by atoms with Gasteiger partial charge in [-0.2, -0.15) is 0 Å². The standard InChI is InChI=1S/C22H27N3O2/c1-16-11-12-19(24-22(27)17-8-4-3-5-9-17)20(14-16)23-21(26)15-18-10-6-7-13-25(18)2/h3-5,8-9,11-12,14,18H,6-7,10,13,15H2,1-2H3,(H,23,26)(H,24,27). The number of likely N-dealkylation sites (tertiary alicyclic amines) is 1. The van der Waals surface area contributed by atoms with Crippen LogP contribution in [0.2, 0.25) is 0 Å². The lowest BCUT2D eigenvalue weighted by Gasteiger charge is -2.32. The van der Waals surface area contributed by atoms with E-state index in [2.05, 4.69) is 22.6 Å². The maximum Gasteiger partial charge on any atom is 0.255 e. The lowest BCUT2D eigenvalue weighted by Crippen LogP contribution is -2.38. The number of nitrogens with one attached hydrogen (secondary N) is 2. The average molecular weight is 365 g/mol. The second kappa shape index (κ2) is 8.82. The van der Waals surface area contributed by atoms with Crippen LogP contribution in [0.15, 0.2) is 48.5 Å². The van der Waals surface area contributed by atoms with Crippen LogP contribution in [0.5, 0.6) is 0 Å². The van der Waals surface area contributed by atoms with Crippen molar-refractivity contribution in [3.8, 4) is 0 Å². The molecule has 0 radical (unpaired) electrons. The number of carbonyl (C=O) groups excluding carboxylic acids is 2. The van der Waals surface area contributed by atoms with E-state index >= 15 is 0 Å². The van der Waals surface area contributed by atoms with Gasteiger partial charge in [0.2, 0.25) is 5.91 Å². The topological polar surface area (TPSA) is 61.4 Å². The van der Waals surface area contributed by atoms with E-state index in [0.29, 0.717) is 23.4 Å². The van der Waals surface area contributed by atoms with Crippen LogP contribution in [0.4, 0.5) is 11.4 Å². The van der Waals surface area contributed by atoms with Gasteiger partial charge in [0.15, 0.2) is 0 Å². The molecule has 0 aliphatic carbocycles. The number of rotatable bonds is 5. The lowest BCUT2D eigenvalue weighted by molar-refractivity contribution is -0.117. The molecule has 2 aromatic carbocycles. The Bertz CT molecular complexity index is 804. The zero-order valence-corrected chi connectivity index (χ0v) is 16.0. The number of piperidine rings is 1. The zero-order valence-electron chi connectivity index (χ0n) is 16.0. The Morgan fingerprint density at radius 2 is 1.81 bits per heavy atom. The van der Waals surface area contributed by atoms with Crippen molar-refractivity contribution in [2.24, 2.45) is 0 Å². The summed E-state index contributed by atoms with van der Waals surface area (Å²) in [5, 5.41) is 5.90. The Labute approximate surface area is 160 Å². The van der Waals surface area contributed by atoms with Crippen molar-refractivity contribution >= 4 is 23.2 Å². The number of anilines is 2. The summed E-state index contributed by atoms with van der Waals surface area (Å²) in [5.41, 5.74) is 2.86. The Balaban J connectivity index is 1.70. The molecule has 1 atom stereocenters. The lowest BCUT2D eigenvalue weighted by atomic mass is 10.00. The highest BCUT2D eigenvalue weighted by molar-refractivity contribution is 6.07. The maximum absolute atomic E-state index is 12.6. The first-order valence-electron chi connectivity index (χ1n) is 9.50. The Kier molecular flexibility index (Phi) is 6.24. The van der Waals surface area contributed by atoms with Crippen LogP contribution in [0, 0.1) is 6.92 Å². The molecule has 5 heteroatoms. The van der Waals surface area contributed by atoms with Gasteiger partial charge in [-0.1, -0.05) is 30.7 Å². The van der Waals surface area contributed by atoms with Gasteiger partial charge in [-0.3, -0.25) is 9.59 Å². The van der Waals surface area contributed by atoms with Crippen molar-refractivity contribution in [1.82, 2.24) is 4.90 Å². The molecule has 1 unspecified atom stereocenters. The molecule has 142 valence electrons. The predicted octanol–water partition coefficient (Wildman–Crippen LogP) is 4.06. The molecule has 27 heavy (non-hydrogen) atoms. The van der Waals surface area contributed by atoms with Crippen molar-refractivity contribution < 1.29 is 9.59 Å². The van der Waals surface area contributed by atoms with Gasteiger partial charge in [0.05, 0.1) is 11.4 Å². The van der Waals surface area contributed by atoms with Crippen molar-refractivity contribution in [2.45, 2.75) is 38.6 Å². The highest BCUT2D eigenvalue weighted by Crippen LogP contribution is 2.25. The van der Waals surface area contributed by atoms with Crippen molar-refractivity contribution in [3.63, 3.8) is 0 Å². The Morgan fingerprint density at radius 1 is 1.04 bits per heavy atom. The van der Waals surface area contributed by atoms with Crippen LogP contribution in [-0.4, -0.2) is 36.3 Å². The van der Waals surface area contributed by atoms with E-state index in [1.165, 1.54) is 12.8 Å². The van der Waals surface area contributed by atoms with E-state index in [0.717, 1.165) is 18.5 Å². The minimum Gasteiger partial charge on any atom is -0.324 e. The first-order valence-corrected chi connectivity index (χ1v) is 9.50. The third-order valence-electron chi connectivity index (χ3n) is 5.08. The van der Waals surface area contributed by atoms with Gasteiger partial charge in [0.25, 0.3) is 5.91 Å². The van der Waals surface area contributed by atoms with E-state index < -0.39 is 0 Å². The third-order valence-corrected chi connectivity index (χ3v) is 5.08. The van der Waals surface area contributed by atoms with E-state index in [4.69, 9.17) is 0 Å². The Morgan fingerprint density at radius 3 is 2.56 bits per heavy atom. The summed E-state index contributed by atoms with van der Waals surface area (Å²) in [4.78, 5) is 27.3. The molecule has 0 aromatic heterocycles. The van der Waals surface area contributed by atoms with Crippen molar-refractivity contribution in [3.05, 3.63) is 59.7 Å².